The molecule has 0 amide bonds. The van der Waals surface area contributed by atoms with Gasteiger partial charge < -0.3 is 4.74 Å². The van der Waals surface area contributed by atoms with E-state index in [0.717, 1.165) is 30.9 Å². The first-order valence-electron chi connectivity index (χ1n) is 13.3. The smallest absolute Gasteiger partial charge is 0.429 e. The molecule has 37 heavy (non-hydrogen) atoms. The van der Waals surface area contributed by atoms with Crippen LogP contribution in [0.1, 0.15) is 94.6 Å². The average molecular weight is 531 g/mol. The quantitative estimate of drug-likeness (QED) is 0.244. The summed E-state index contributed by atoms with van der Waals surface area (Å²) in [6.07, 6.45) is 7.47. The molecule has 1 nitrogen and oxygen atoms in total. The maximum Gasteiger partial charge on any atom is 0.429 e. The molecule has 0 aliphatic heterocycles. The van der Waals surface area contributed by atoms with E-state index in [9.17, 15) is 30.7 Å². The molecule has 0 atom stereocenters. The first kappa shape index (κ1) is 27.8. The van der Waals surface area contributed by atoms with Crippen LogP contribution in [0.2, 0.25) is 0 Å². The lowest BCUT2D eigenvalue weighted by molar-refractivity contribution is -0.188. The Hall–Kier alpha value is -2.25. The van der Waals surface area contributed by atoms with E-state index in [-0.39, 0.29) is 23.6 Å². The summed E-state index contributed by atoms with van der Waals surface area (Å²) in [5.74, 6) is -7.74. The molecule has 204 valence electrons. The first-order valence-corrected chi connectivity index (χ1v) is 13.3. The SMILES string of the molecule is CCCCC1CCC(C2CCC(c3ccc(C(F)(F)Oc4cc(F)c(F)c(F)c4)c(F)c3F)CC2)CC1. The van der Waals surface area contributed by atoms with Gasteiger partial charge in [0.2, 0.25) is 0 Å². The zero-order valence-corrected chi connectivity index (χ0v) is 21.0. The lowest BCUT2D eigenvalue weighted by Crippen LogP contribution is -2.26. The van der Waals surface area contributed by atoms with Crippen molar-refractivity contribution in [2.24, 2.45) is 17.8 Å². The molecule has 2 aliphatic rings. The highest BCUT2D eigenvalue weighted by atomic mass is 19.3. The summed E-state index contributed by atoms with van der Waals surface area (Å²) in [4.78, 5) is 0. The number of unbranched alkanes of at least 4 members (excludes halogenated alkanes) is 1. The van der Waals surface area contributed by atoms with Crippen LogP contribution in [0.15, 0.2) is 24.3 Å². The van der Waals surface area contributed by atoms with Crippen molar-refractivity contribution in [2.75, 3.05) is 0 Å². The van der Waals surface area contributed by atoms with E-state index in [1.807, 2.05) is 0 Å². The second kappa shape index (κ2) is 11.6. The van der Waals surface area contributed by atoms with Gasteiger partial charge in [0.15, 0.2) is 29.1 Å². The van der Waals surface area contributed by atoms with Gasteiger partial charge in [0.05, 0.1) is 0 Å². The molecular weight excluding hydrogens is 497 g/mol. The zero-order valence-electron chi connectivity index (χ0n) is 21.0. The van der Waals surface area contributed by atoms with Gasteiger partial charge in [-0.25, -0.2) is 22.0 Å². The van der Waals surface area contributed by atoms with Gasteiger partial charge in [-0.3, -0.25) is 0 Å². The summed E-state index contributed by atoms with van der Waals surface area (Å²) in [5.41, 5.74) is -1.34. The lowest BCUT2D eigenvalue weighted by Gasteiger charge is -2.38. The van der Waals surface area contributed by atoms with Crippen molar-refractivity contribution < 1.29 is 35.5 Å². The number of benzene rings is 2. The molecule has 2 fully saturated rings. The fourth-order valence-electron chi connectivity index (χ4n) is 6.24. The van der Waals surface area contributed by atoms with Gasteiger partial charge in [-0.05, 0) is 73.8 Å². The van der Waals surface area contributed by atoms with Gasteiger partial charge in [-0.15, -0.1) is 0 Å². The van der Waals surface area contributed by atoms with Crippen molar-refractivity contribution in [2.45, 2.75) is 89.6 Å². The number of alkyl halides is 2. The highest BCUT2D eigenvalue weighted by Crippen LogP contribution is 2.46. The Morgan fingerprint density at radius 1 is 0.757 bits per heavy atom. The van der Waals surface area contributed by atoms with Gasteiger partial charge in [0.1, 0.15) is 11.3 Å². The highest BCUT2D eigenvalue weighted by molar-refractivity contribution is 5.33. The Bertz CT molecular complexity index is 1050. The van der Waals surface area contributed by atoms with E-state index in [1.54, 1.807) is 0 Å². The zero-order chi connectivity index (χ0) is 26.7. The Morgan fingerprint density at radius 3 is 1.89 bits per heavy atom. The molecule has 0 heterocycles. The minimum absolute atomic E-state index is 0.0534. The van der Waals surface area contributed by atoms with E-state index >= 15 is 0 Å². The predicted octanol–water partition coefficient (Wildman–Crippen LogP) is 9.78. The van der Waals surface area contributed by atoms with Gasteiger partial charge >= 0.3 is 6.11 Å². The van der Waals surface area contributed by atoms with Crippen LogP contribution in [0.3, 0.4) is 0 Å². The van der Waals surface area contributed by atoms with Crippen LogP contribution in [-0.4, -0.2) is 0 Å². The molecule has 2 aromatic rings. The van der Waals surface area contributed by atoms with Gasteiger partial charge in [0, 0.05) is 12.1 Å². The van der Waals surface area contributed by atoms with Crippen LogP contribution >= 0.6 is 0 Å². The maximum absolute atomic E-state index is 15.0. The molecule has 2 saturated carbocycles. The summed E-state index contributed by atoms with van der Waals surface area (Å²) < 4.78 is 103. The van der Waals surface area contributed by atoms with Crippen LogP contribution in [-0.2, 0) is 6.11 Å². The fourth-order valence-corrected chi connectivity index (χ4v) is 6.24. The van der Waals surface area contributed by atoms with Gasteiger partial charge in [-0.1, -0.05) is 45.1 Å². The summed E-state index contributed by atoms with van der Waals surface area (Å²) >= 11 is 0. The number of hydrogen-bond acceptors (Lipinski definition) is 1. The van der Waals surface area contributed by atoms with Crippen LogP contribution < -0.4 is 4.74 Å². The fraction of sp³-hybridized carbons (Fsp3) is 0.586. The molecule has 0 bridgehead atoms. The number of halogens is 7. The normalized spacial score (nSPS) is 24.8. The van der Waals surface area contributed by atoms with E-state index < -0.39 is 46.5 Å². The predicted molar refractivity (Wildman–Crippen MR) is 127 cm³/mol. The van der Waals surface area contributed by atoms with Crippen LogP contribution in [0.4, 0.5) is 30.7 Å². The molecular formula is C29H33F7O. The second-order valence-corrected chi connectivity index (χ2v) is 10.7. The summed E-state index contributed by atoms with van der Waals surface area (Å²) in [6.45, 7) is 2.21. The monoisotopic (exact) mass is 530 g/mol. The third-order valence-electron chi connectivity index (χ3n) is 8.36. The Balaban J connectivity index is 1.39. The van der Waals surface area contributed by atoms with Crippen molar-refractivity contribution in [1.29, 1.82) is 0 Å². The van der Waals surface area contributed by atoms with Crippen molar-refractivity contribution in [3.8, 4) is 5.75 Å². The van der Waals surface area contributed by atoms with E-state index in [1.165, 1.54) is 44.9 Å². The molecule has 0 unspecified atom stereocenters. The molecule has 2 aromatic carbocycles. The van der Waals surface area contributed by atoms with Crippen molar-refractivity contribution in [3.63, 3.8) is 0 Å². The van der Waals surface area contributed by atoms with Crippen LogP contribution in [0, 0.1) is 46.8 Å². The molecule has 0 saturated heterocycles. The second-order valence-electron chi connectivity index (χ2n) is 10.7. The van der Waals surface area contributed by atoms with Crippen molar-refractivity contribution >= 4 is 0 Å². The number of ether oxygens (including phenoxy) is 1. The van der Waals surface area contributed by atoms with Crippen LogP contribution in [0.5, 0.6) is 5.75 Å². The molecule has 4 rings (SSSR count). The van der Waals surface area contributed by atoms with Gasteiger partial charge in [0.25, 0.3) is 0 Å². The average Bonchev–Trinajstić information content (AvgIpc) is 2.87. The Morgan fingerprint density at radius 2 is 1.32 bits per heavy atom. The van der Waals surface area contributed by atoms with E-state index in [0.29, 0.717) is 24.7 Å². The summed E-state index contributed by atoms with van der Waals surface area (Å²) in [7, 11) is 0. The Labute approximate surface area is 213 Å². The molecule has 2 aliphatic carbocycles. The third-order valence-corrected chi connectivity index (χ3v) is 8.36. The largest absolute Gasteiger partial charge is 0.429 e. The van der Waals surface area contributed by atoms with Crippen molar-refractivity contribution in [1.82, 2.24) is 0 Å². The maximum atomic E-state index is 15.0. The molecule has 0 N–H and O–H groups in total. The number of hydrogen-bond donors (Lipinski definition) is 0. The molecule has 0 aromatic heterocycles. The minimum atomic E-state index is -4.44. The summed E-state index contributed by atoms with van der Waals surface area (Å²) in [5, 5.41) is 0. The van der Waals surface area contributed by atoms with E-state index in [4.69, 9.17) is 0 Å². The lowest BCUT2D eigenvalue weighted by atomic mass is 9.68. The molecule has 0 radical (unpaired) electrons. The standard InChI is InChI=1S/C29H33F7O/c1-2-3-4-17-5-7-18(8-6-17)19-9-11-20(12-10-19)22-13-14-23(27(33)26(22)32)29(35,36)37-21-15-24(30)28(34)25(31)16-21/h13-20H,2-12H2,1H3. The third kappa shape index (κ3) is 6.26. The molecule has 0 spiro atoms. The number of rotatable bonds is 8. The van der Waals surface area contributed by atoms with Crippen molar-refractivity contribution in [3.05, 3.63) is 64.5 Å². The Kier molecular flexibility index (Phi) is 8.74. The summed E-state index contributed by atoms with van der Waals surface area (Å²) in [6, 6.07) is 2.31. The van der Waals surface area contributed by atoms with Crippen LogP contribution in [0.25, 0.3) is 0 Å². The van der Waals surface area contributed by atoms with Gasteiger partial charge in [-0.2, -0.15) is 8.78 Å². The molecule has 8 heteroatoms. The first-order chi connectivity index (χ1) is 17.6. The highest BCUT2D eigenvalue weighted by Gasteiger charge is 2.41. The minimum Gasteiger partial charge on any atom is -0.429 e. The topological polar surface area (TPSA) is 9.23 Å². The van der Waals surface area contributed by atoms with E-state index in [2.05, 4.69) is 11.7 Å².